The van der Waals surface area contributed by atoms with Gasteiger partial charge in [-0.25, -0.2) is 13.6 Å². The monoisotopic (exact) mass is 258 g/mol. The van der Waals surface area contributed by atoms with Gasteiger partial charge in [0.2, 0.25) is 0 Å². The van der Waals surface area contributed by atoms with E-state index in [1.807, 2.05) is 0 Å². The molecule has 0 fully saturated rings. The summed E-state index contributed by atoms with van der Waals surface area (Å²) in [5.41, 5.74) is 4.29. The lowest BCUT2D eigenvalue weighted by Crippen LogP contribution is -2.32. The Hall–Kier alpha value is -1.85. The van der Waals surface area contributed by atoms with E-state index in [9.17, 15) is 13.6 Å². The van der Waals surface area contributed by atoms with Gasteiger partial charge in [0.15, 0.2) is 0 Å². The molecule has 0 spiro atoms. The first-order chi connectivity index (χ1) is 8.19. The number of carbonyl (C=O) groups is 1. The summed E-state index contributed by atoms with van der Waals surface area (Å²) in [6.07, 6.45) is -0.695. The number of hydrogen-bond acceptors (Lipinski definition) is 3. The van der Waals surface area contributed by atoms with Crippen LogP contribution in [0.3, 0.4) is 0 Å². The van der Waals surface area contributed by atoms with Crippen LogP contribution in [0.25, 0.3) is 0 Å². The van der Waals surface area contributed by atoms with Crippen LogP contribution >= 0.6 is 0 Å². The Kier molecular flexibility index (Phi) is 4.11. The maximum absolute atomic E-state index is 13.4. The lowest BCUT2D eigenvalue weighted by Gasteiger charge is -2.19. The lowest BCUT2D eigenvalue weighted by atomic mass is 10.2. The summed E-state index contributed by atoms with van der Waals surface area (Å²) in [6.45, 7) is 4.94. The van der Waals surface area contributed by atoms with Crippen LogP contribution in [0.15, 0.2) is 12.1 Å². The Bertz CT molecular complexity index is 456. The van der Waals surface area contributed by atoms with Gasteiger partial charge in [-0.05, 0) is 26.8 Å². The van der Waals surface area contributed by atoms with Gasteiger partial charge in [-0.15, -0.1) is 0 Å². The van der Waals surface area contributed by atoms with E-state index < -0.39 is 23.3 Å². The van der Waals surface area contributed by atoms with E-state index in [0.29, 0.717) is 0 Å². The largest absolute Gasteiger partial charge is 0.444 e. The second kappa shape index (κ2) is 5.20. The highest BCUT2D eigenvalue weighted by atomic mass is 19.1. The predicted molar refractivity (Wildman–Crippen MR) is 63.8 cm³/mol. The van der Waals surface area contributed by atoms with Crippen molar-refractivity contribution >= 4 is 11.8 Å². The molecule has 0 saturated heterocycles. The molecule has 1 amide bonds. The Morgan fingerprint density at radius 2 is 1.94 bits per heavy atom. The van der Waals surface area contributed by atoms with Crippen LogP contribution in [0.4, 0.5) is 19.3 Å². The highest BCUT2D eigenvalue weighted by Gasteiger charge is 2.16. The van der Waals surface area contributed by atoms with Gasteiger partial charge in [-0.3, -0.25) is 0 Å². The van der Waals surface area contributed by atoms with Gasteiger partial charge in [0, 0.05) is 18.2 Å². The first-order valence-electron chi connectivity index (χ1n) is 5.39. The molecule has 0 heterocycles. The Labute approximate surface area is 104 Å². The number of ether oxygens (including phenoxy) is 1. The first-order valence-corrected chi connectivity index (χ1v) is 5.39. The molecule has 0 saturated carbocycles. The summed E-state index contributed by atoms with van der Waals surface area (Å²) in [5, 5.41) is 2.33. The van der Waals surface area contributed by atoms with Gasteiger partial charge in [-0.2, -0.15) is 0 Å². The minimum absolute atomic E-state index is 0.00700. The molecule has 0 bridgehead atoms. The van der Waals surface area contributed by atoms with Crippen LogP contribution < -0.4 is 11.1 Å². The molecule has 6 heteroatoms. The molecule has 3 N–H and O–H groups in total. The third kappa shape index (κ3) is 4.20. The molecule has 4 nitrogen and oxygen atoms in total. The van der Waals surface area contributed by atoms with Gasteiger partial charge >= 0.3 is 6.09 Å². The molecular weight excluding hydrogens is 242 g/mol. The standard InChI is InChI=1S/C12H16F2N2O2/c1-12(2,3)18-11(17)16-6-7-4-9(14)10(15)5-8(7)13/h4-5H,6,15H2,1-3H3,(H,16,17). The zero-order valence-electron chi connectivity index (χ0n) is 10.5. The van der Waals surface area contributed by atoms with Gasteiger partial charge in [-0.1, -0.05) is 0 Å². The Morgan fingerprint density at radius 1 is 1.33 bits per heavy atom. The van der Waals surface area contributed by atoms with Crippen LogP contribution in [-0.4, -0.2) is 11.7 Å². The quantitative estimate of drug-likeness (QED) is 0.801. The van der Waals surface area contributed by atoms with Crippen molar-refractivity contribution in [3.63, 3.8) is 0 Å². The smallest absolute Gasteiger partial charge is 0.407 e. The number of alkyl carbamates (subject to hydrolysis) is 1. The topological polar surface area (TPSA) is 64.3 Å². The lowest BCUT2D eigenvalue weighted by molar-refractivity contribution is 0.0523. The fraction of sp³-hybridized carbons (Fsp3) is 0.417. The zero-order valence-corrected chi connectivity index (χ0v) is 10.5. The van der Waals surface area contributed by atoms with E-state index in [1.54, 1.807) is 20.8 Å². The highest BCUT2D eigenvalue weighted by molar-refractivity contribution is 5.67. The van der Waals surface area contributed by atoms with Crippen molar-refractivity contribution in [2.24, 2.45) is 0 Å². The summed E-state index contributed by atoms with van der Waals surface area (Å²) in [7, 11) is 0. The number of carbonyl (C=O) groups excluding carboxylic acids is 1. The maximum atomic E-state index is 13.4. The van der Waals surface area contributed by atoms with E-state index >= 15 is 0 Å². The van der Waals surface area contributed by atoms with E-state index in [-0.39, 0.29) is 17.8 Å². The number of hydrogen-bond donors (Lipinski definition) is 2. The second-order valence-electron chi connectivity index (χ2n) is 4.82. The molecule has 100 valence electrons. The molecule has 18 heavy (non-hydrogen) atoms. The summed E-state index contributed by atoms with van der Waals surface area (Å²) in [4.78, 5) is 11.3. The molecule has 0 aliphatic heterocycles. The van der Waals surface area contributed by atoms with E-state index in [1.165, 1.54) is 0 Å². The van der Waals surface area contributed by atoms with E-state index in [0.717, 1.165) is 12.1 Å². The number of benzene rings is 1. The van der Waals surface area contributed by atoms with Gasteiger partial charge in [0.05, 0.1) is 5.69 Å². The van der Waals surface area contributed by atoms with Crippen LogP contribution in [0.2, 0.25) is 0 Å². The van der Waals surface area contributed by atoms with Crippen molar-refractivity contribution in [2.45, 2.75) is 32.9 Å². The summed E-state index contributed by atoms with van der Waals surface area (Å²) in [5.74, 6) is -1.40. The molecule has 0 unspecified atom stereocenters. The van der Waals surface area contributed by atoms with Crippen molar-refractivity contribution < 1.29 is 18.3 Å². The van der Waals surface area contributed by atoms with Crippen molar-refractivity contribution in [3.05, 3.63) is 29.3 Å². The van der Waals surface area contributed by atoms with Crippen molar-refractivity contribution in [1.29, 1.82) is 0 Å². The average Bonchev–Trinajstić information content (AvgIpc) is 2.19. The minimum Gasteiger partial charge on any atom is -0.444 e. The number of amides is 1. The molecule has 0 atom stereocenters. The molecule has 1 aromatic rings. The van der Waals surface area contributed by atoms with Crippen molar-refractivity contribution in [3.8, 4) is 0 Å². The number of nitrogens with two attached hydrogens (primary N) is 1. The highest BCUT2D eigenvalue weighted by Crippen LogP contribution is 2.16. The normalized spacial score (nSPS) is 11.2. The van der Waals surface area contributed by atoms with E-state index in [2.05, 4.69) is 5.32 Å². The molecule has 0 aliphatic rings. The third-order valence-corrected chi connectivity index (χ3v) is 1.99. The van der Waals surface area contributed by atoms with Crippen LogP contribution in [0.5, 0.6) is 0 Å². The predicted octanol–water partition coefficient (Wildman–Crippen LogP) is 2.57. The molecule has 1 aromatic carbocycles. The fourth-order valence-electron chi connectivity index (χ4n) is 1.22. The molecule has 0 aromatic heterocycles. The summed E-state index contributed by atoms with van der Waals surface area (Å²) < 4.78 is 31.5. The SMILES string of the molecule is CC(C)(C)OC(=O)NCc1cc(F)c(N)cc1F. The van der Waals surface area contributed by atoms with E-state index in [4.69, 9.17) is 10.5 Å². The summed E-state index contributed by atoms with van der Waals surface area (Å²) >= 11 is 0. The first kappa shape index (κ1) is 14.2. The minimum atomic E-state index is -0.725. The number of nitrogen functional groups attached to an aromatic ring is 1. The molecule has 0 radical (unpaired) electrons. The Balaban J connectivity index is 2.64. The fourth-order valence-corrected chi connectivity index (χ4v) is 1.22. The number of anilines is 1. The number of halogens is 2. The molecular formula is C12H16F2N2O2. The molecule has 0 aliphatic carbocycles. The molecule has 1 rings (SSSR count). The zero-order chi connectivity index (χ0) is 13.9. The van der Waals surface area contributed by atoms with Crippen molar-refractivity contribution in [1.82, 2.24) is 5.32 Å². The third-order valence-electron chi connectivity index (χ3n) is 1.99. The van der Waals surface area contributed by atoms with Crippen LogP contribution in [-0.2, 0) is 11.3 Å². The number of rotatable bonds is 2. The maximum Gasteiger partial charge on any atom is 0.407 e. The van der Waals surface area contributed by atoms with Crippen LogP contribution in [0, 0.1) is 11.6 Å². The Morgan fingerprint density at radius 3 is 2.50 bits per heavy atom. The van der Waals surface area contributed by atoms with Crippen LogP contribution in [0.1, 0.15) is 26.3 Å². The van der Waals surface area contributed by atoms with Gasteiger partial charge in [0.25, 0.3) is 0 Å². The number of nitrogens with one attached hydrogen (secondary N) is 1. The second-order valence-corrected chi connectivity index (χ2v) is 4.82. The average molecular weight is 258 g/mol. The summed E-state index contributed by atoms with van der Waals surface area (Å²) in [6, 6.07) is 1.82. The van der Waals surface area contributed by atoms with Gasteiger partial charge < -0.3 is 15.8 Å². The van der Waals surface area contributed by atoms with Gasteiger partial charge in [0.1, 0.15) is 17.2 Å². The van der Waals surface area contributed by atoms with Crippen molar-refractivity contribution in [2.75, 3.05) is 5.73 Å².